The molecule has 0 aromatic carbocycles. The van der Waals surface area contributed by atoms with Crippen molar-refractivity contribution in [3.05, 3.63) is 0 Å². The molecule has 1 aliphatic carbocycles. The van der Waals surface area contributed by atoms with E-state index in [4.69, 9.17) is 4.74 Å². The second-order valence-electron chi connectivity index (χ2n) is 9.61. The van der Waals surface area contributed by atoms with E-state index in [1.807, 2.05) is 0 Å². The van der Waals surface area contributed by atoms with Gasteiger partial charge in [0, 0.05) is 43.9 Å². The summed E-state index contributed by atoms with van der Waals surface area (Å²) < 4.78 is 6.39. The van der Waals surface area contributed by atoms with Crippen molar-refractivity contribution in [2.45, 2.75) is 52.2 Å². The summed E-state index contributed by atoms with van der Waals surface area (Å²) in [5.74, 6) is 1.26. The van der Waals surface area contributed by atoms with Crippen LogP contribution in [-0.4, -0.2) is 60.4 Å². The van der Waals surface area contributed by atoms with Crippen LogP contribution in [0.3, 0.4) is 0 Å². The lowest BCUT2D eigenvalue weighted by molar-refractivity contribution is -0.123. The van der Waals surface area contributed by atoms with Gasteiger partial charge < -0.3 is 15.2 Å². The van der Waals surface area contributed by atoms with Gasteiger partial charge in [-0.15, -0.1) is 0 Å². The number of amides is 1. The number of likely N-dealkylation sites (tertiary alicyclic amines) is 1. The van der Waals surface area contributed by atoms with Gasteiger partial charge in [0.15, 0.2) is 0 Å². The molecule has 5 nitrogen and oxygen atoms in total. The van der Waals surface area contributed by atoms with Crippen molar-refractivity contribution in [3.63, 3.8) is 0 Å². The van der Waals surface area contributed by atoms with Crippen LogP contribution in [0, 0.1) is 28.6 Å². The van der Waals surface area contributed by atoms with Crippen molar-refractivity contribution >= 4 is 5.91 Å². The molecule has 3 heterocycles. The maximum atomic E-state index is 12.7. The summed E-state index contributed by atoms with van der Waals surface area (Å²) in [6, 6.07) is 0. The molecular formula is C19H32N2O3. The number of carbonyl (C=O) groups is 1. The molecule has 0 radical (unpaired) electrons. The number of aliphatic hydroxyl groups excluding tert-OH is 1. The minimum Gasteiger partial charge on any atom is -0.395 e. The number of ether oxygens (including phenoxy) is 1. The van der Waals surface area contributed by atoms with E-state index in [2.05, 4.69) is 37.9 Å². The first-order chi connectivity index (χ1) is 11.2. The van der Waals surface area contributed by atoms with Gasteiger partial charge in [0.1, 0.15) is 0 Å². The minimum atomic E-state index is -0.00659. The summed E-state index contributed by atoms with van der Waals surface area (Å²) in [7, 11) is 0. The molecule has 136 valence electrons. The van der Waals surface area contributed by atoms with Crippen LogP contribution in [0.25, 0.3) is 0 Å². The van der Waals surface area contributed by atoms with E-state index in [1.54, 1.807) is 0 Å². The summed E-state index contributed by atoms with van der Waals surface area (Å²) in [5, 5.41) is 12.5. The molecule has 24 heavy (non-hydrogen) atoms. The van der Waals surface area contributed by atoms with Crippen LogP contribution >= 0.6 is 0 Å². The first-order valence-corrected chi connectivity index (χ1v) is 9.52. The zero-order valence-corrected chi connectivity index (χ0v) is 15.5. The molecule has 3 aliphatic heterocycles. The number of nitrogens with one attached hydrogen (secondary N) is 1. The fraction of sp³-hybridized carbons (Fsp3) is 0.947. The van der Waals surface area contributed by atoms with Crippen molar-refractivity contribution in [1.29, 1.82) is 0 Å². The van der Waals surface area contributed by atoms with Gasteiger partial charge in [0.25, 0.3) is 0 Å². The highest BCUT2D eigenvalue weighted by molar-refractivity contribution is 5.84. The molecule has 2 N–H and O–H groups in total. The SMILES string of the molecule is CC1(C)C(C(=O)NC[C@H]2[C@H]3CN(CCO)C[C@]34CC[C@H]2O4)C1(C)C. The molecule has 2 bridgehead atoms. The Kier molecular flexibility index (Phi) is 3.63. The third-order valence-electron chi connectivity index (χ3n) is 8.07. The Morgan fingerprint density at radius 3 is 2.62 bits per heavy atom. The molecule has 0 unspecified atom stereocenters. The average Bonchev–Trinajstić information content (AvgIpc) is 2.95. The molecule has 1 amide bonds. The van der Waals surface area contributed by atoms with Crippen LogP contribution in [0.1, 0.15) is 40.5 Å². The third kappa shape index (κ3) is 2.14. The predicted molar refractivity (Wildman–Crippen MR) is 91.4 cm³/mol. The monoisotopic (exact) mass is 336 g/mol. The molecule has 5 heteroatoms. The van der Waals surface area contributed by atoms with Crippen LogP contribution < -0.4 is 5.32 Å². The number of hydrogen-bond donors (Lipinski definition) is 2. The Balaban J connectivity index is 1.39. The Morgan fingerprint density at radius 1 is 1.29 bits per heavy atom. The van der Waals surface area contributed by atoms with Crippen LogP contribution in [0.15, 0.2) is 0 Å². The number of hydrogen-bond acceptors (Lipinski definition) is 4. The summed E-state index contributed by atoms with van der Waals surface area (Å²) in [6.45, 7) is 12.4. The molecule has 1 saturated carbocycles. The van der Waals surface area contributed by atoms with E-state index in [1.165, 1.54) is 0 Å². The Morgan fingerprint density at radius 2 is 2.00 bits per heavy atom. The van der Waals surface area contributed by atoms with Gasteiger partial charge >= 0.3 is 0 Å². The Labute approximate surface area is 145 Å². The maximum absolute atomic E-state index is 12.7. The number of β-amino-alcohol motifs (C(OH)–C–C–N with tert-alkyl or cyclic N) is 1. The fourth-order valence-electron chi connectivity index (χ4n) is 6.04. The van der Waals surface area contributed by atoms with E-state index in [0.29, 0.717) is 17.9 Å². The van der Waals surface area contributed by atoms with Crippen LogP contribution in [-0.2, 0) is 9.53 Å². The van der Waals surface area contributed by atoms with E-state index < -0.39 is 0 Å². The largest absolute Gasteiger partial charge is 0.395 e. The second-order valence-corrected chi connectivity index (χ2v) is 9.61. The third-order valence-corrected chi connectivity index (χ3v) is 8.07. The standard InChI is InChI=1S/C19H32N2O3/c1-17(2)15(18(17,3)4)16(23)20-9-12-13-10-21(7-8-22)11-19(13)6-5-14(12)24-19/h12-15,22H,5-11H2,1-4H3,(H,20,23)/t12-,13+,14+,19+/m0/s1. The summed E-state index contributed by atoms with van der Waals surface area (Å²) in [6.07, 6.45) is 2.56. The van der Waals surface area contributed by atoms with Gasteiger partial charge in [-0.3, -0.25) is 9.69 Å². The van der Waals surface area contributed by atoms with Crippen molar-refractivity contribution in [1.82, 2.24) is 10.2 Å². The highest BCUT2D eigenvalue weighted by Crippen LogP contribution is 2.68. The number of nitrogens with zero attached hydrogens (tertiary/aromatic N) is 1. The van der Waals surface area contributed by atoms with E-state index in [0.717, 1.165) is 39.0 Å². The van der Waals surface area contributed by atoms with Gasteiger partial charge in [0.05, 0.1) is 18.3 Å². The van der Waals surface area contributed by atoms with E-state index >= 15 is 0 Å². The van der Waals surface area contributed by atoms with E-state index in [9.17, 15) is 9.90 Å². The lowest BCUT2D eigenvalue weighted by Crippen LogP contribution is -2.42. The lowest BCUT2D eigenvalue weighted by atomic mass is 9.73. The molecule has 3 saturated heterocycles. The normalized spacial score (nSPS) is 42.3. The van der Waals surface area contributed by atoms with Crippen LogP contribution in [0.4, 0.5) is 0 Å². The Bertz CT molecular complexity index is 533. The quantitative estimate of drug-likeness (QED) is 0.793. The number of aliphatic hydroxyl groups is 1. The molecular weight excluding hydrogens is 304 g/mol. The van der Waals surface area contributed by atoms with Crippen molar-refractivity contribution in [2.24, 2.45) is 28.6 Å². The molecule has 4 fully saturated rings. The zero-order chi connectivity index (χ0) is 17.3. The molecule has 0 aromatic heterocycles. The average molecular weight is 336 g/mol. The smallest absolute Gasteiger partial charge is 0.224 e. The predicted octanol–water partition coefficient (Wildman–Crippen LogP) is 1.26. The molecule has 1 spiro atoms. The number of carbonyl (C=O) groups excluding carboxylic acids is 1. The number of fused-ring (bicyclic) bond motifs is 1. The summed E-state index contributed by atoms with van der Waals surface area (Å²) >= 11 is 0. The topological polar surface area (TPSA) is 61.8 Å². The van der Waals surface area contributed by atoms with Gasteiger partial charge in [-0.1, -0.05) is 27.7 Å². The van der Waals surface area contributed by atoms with E-state index in [-0.39, 0.29) is 34.9 Å². The molecule has 4 aliphatic rings. The second kappa shape index (κ2) is 5.18. The van der Waals surface area contributed by atoms with Gasteiger partial charge in [-0.2, -0.15) is 0 Å². The molecule has 4 rings (SSSR count). The maximum Gasteiger partial charge on any atom is 0.224 e. The highest BCUT2D eigenvalue weighted by atomic mass is 16.5. The number of rotatable bonds is 5. The van der Waals surface area contributed by atoms with Crippen molar-refractivity contribution < 1.29 is 14.6 Å². The van der Waals surface area contributed by atoms with Crippen LogP contribution in [0.5, 0.6) is 0 Å². The lowest BCUT2D eigenvalue weighted by Gasteiger charge is -2.29. The van der Waals surface area contributed by atoms with Crippen LogP contribution in [0.2, 0.25) is 0 Å². The molecule has 4 atom stereocenters. The highest BCUT2D eigenvalue weighted by Gasteiger charge is 2.68. The Hall–Kier alpha value is -0.650. The van der Waals surface area contributed by atoms with Gasteiger partial charge in [-0.05, 0) is 23.7 Å². The van der Waals surface area contributed by atoms with Crippen molar-refractivity contribution in [2.75, 3.05) is 32.8 Å². The first-order valence-electron chi connectivity index (χ1n) is 9.52. The fourth-order valence-corrected chi connectivity index (χ4v) is 6.04. The van der Waals surface area contributed by atoms with Gasteiger partial charge in [-0.25, -0.2) is 0 Å². The minimum absolute atomic E-state index is 0.00659. The molecule has 0 aromatic rings. The zero-order valence-electron chi connectivity index (χ0n) is 15.5. The summed E-state index contributed by atoms with van der Waals surface area (Å²) in [4.78, 5) is 15.0. The van der Waals surface area contributed by atoms with Crippen molar-refractivity contribution in [3.8, 4) is 0 Å². The van der Waals surface area contributed by atoms with Gasteiger partial charge in [0.2, 0.25) is 5.91 Å². The first kappa shape index (κ1) is 16.8. The summed E-state index contributed by atoms with van der Waals surface area (Å²) in [5.41, 5.74) is 0.177.